The summed E-state index contributed by atoms with van der Waals surface area (Å²) in [5.74, 6) is 0. The van der Waals surface area contributed by atoms with Crippen LogP contribution in [0.25, 0.3) is 10.9 Å². The van der Waals surface area contributed by atoms with Crippen LogP contribution < -0.4 is 5.32 Å². The minimum absolute atomic E-state index is 0.595. The van der Waals surface area contributed by atoms with Gasteiger partial charge in [0.05, 0.1) is 10.0 Å². The lowest BCUT2D eigenvalue weighted by molar-refractivity contribution is 0.675. The van der Waals surface area contributed by atoms with Crippen LogP contribution in [-0.2, 0) is 13.1 Å². The summed E-state index contributed by atoms with van der Waals surface area (Å²) in [5, 5.41) is 5.98. The largest absolute Gasteiger partial charge is 0.343 e. The Morgan fingerprint density at radius 1 is 1.04 bits per heavy atom. The molecule has 0 aliphatic rings. The predicted octanol–water partition coefficient (Wildman–Crippen LogP) is 5.50. The van der Waals surface area contributed by atoms with E-state index in [0.29, 0.717) is 10.0 Å². The lowest BCUT2D eigenvalue weighted by Crippen LogP contribution is -2.13. The van der Waals surface area contributed by atoms with Crippen LogP contribution in [0.5, 0.6) is 0 Å². The molecule has 0 fully saturated rings. The zero-order valence-electron chi connectivity index (χ0n) is 13.2. The van der Waals surface area contributed by atoms with E-state index in [1.54, 1.807) is 0 Å². The fourth-order valence-electron chi connectivity index (χ4n) is 2.83. The van der Waals surface area contributed by atoms with Gasteiger partial charge in [0.1, 0.15) is 0 Å². The molecule has 4 heteroatoms. The van der Waals surface area contributed by atoms with Crippen molar-refractivity contribution in [1.29, 1.82) is 0 Å². The van der Waals surface area contributed by atoms with E-state index in [1.165, 1.54) is 16.5 Å². The third-order valence-corrected chi connectivity index (χ3v) is 4.69. The Bertz CT molecular complexity index is 808. The molecule has 0 aliphatic heterocycles. The van der Waals surface area contributed by atoms with Gasteiger partial charge in [0, 0.05) is 30.2 Å². The average Bonchev–Trinajstić information content (AvgIpc) is 2.90. The number of hydrogen-bond donors (Lipinski definition) is 1. The molecule has 0 atom stereocenters. The number of para-hydroxylation sites is 1. The second-order valence-electron chi connectivity index (χ2n) is 5.72. The van der Waals surface area contributed by atoms with Crippen molar-refractivity contribution >= 4 is 34.1 Å². The first-order valence-corrected chi connectivity index (χ1v) is 8.66. The van der Waals surface area contributed by atoms with Crippen molar-refractivity contribution in [3.63, 3.8) is 0 Å². The lowest BCUT2D eigenvalue weighted by Gasteiger charge is -2.07. The number of aromatic nitrogens is 1. The third kappa shape index (κ3) is 3.72. The number of benzene rings is 2. The maximum atomic E-state index is 6.14. The van der Waals surface area contributed by atoms with Gasteiger partial charge < -0.3 is 9.88 Å². The zero-order chi connectivity index (χ0) is 16.2. The lowest BCUT2D eigenvalue weighted by atomic mass is 10.2. The van der Waals surface area contributed by atoms with Gasteiger partial charge in [-0.1, -0.05) is 54.4 Å². The van der Waals surface area contributed by atoms with Gasteiger partial charge in [-0.2, -0.15) is 0 Å². The highest BCUT2D eigenvalue weighted by Gasteiger charge is 2.09. The Hall–Kier alpha value is -1.48. The van der Waals surface area contributed by atoms with Crippen LogP contribution in [0.15, 0.2) is 48.7 Å². The highest BCUT2D eigenvalue weighted by Crippen LogP contribution is 2.26. The fourth-order valence-corrected chi connectivity index (χ4v) is 3.15. The Morgan fingerprint density at radius 3 is 2.65 bits per heavy atom. The van der Waals surface area contributed by atoms with Crippen LogP contribution in [-0.4, -0.2) is 11.1 Å². The first-order chi connectivity index (χ1) is 11.2. The molecule has 0 bridgehead atoms. The van der Waals surface area contributed by atoms with Gasteiger partial charge in [0.2, 0.25) is 0 Å². The van der Waals surface area contributed by atoms with Crippen LogP contribution >= 0.6 is 23.2 Å². The third-order valence-electron chi connectivity index (χ3n) is 3.95. The molecule has 0 unspecified atom stereocenters. The Kier molecular flexibility index (Phi) is 5.27. The number of rotatable bonds is 6. The van der Waals surface area contributed by atoms with Gasteiger partial charge in [-0.15, -0.1) is 0 Å². The van der Waals surface area contributed by atoms with Crippen LogP contribution in [0.3, 0.4) is 0 Å². The molecule has 0 saturated heterocycles. The minimum atomic E-state index is 0.595. The van der Waals surface area contributed by atoms with E-state index in [1.807, 2.05) is 18.2 Å². The molecule has 120 valence electrons. The molecule has 2 nitrogen and oxygen atoms in total. The van der Waals surface area contributed by atoms with Crippen LogP contribution in [0, 0.1) is 0 Å². The number of nitrogens with one attached hydrogen (secondary N) is 1. The number of hydrogen-bond acceptors (Lipinski definition) is 1. The van der Waals surface area contributed by atoms with Crippen molar-refractivity contribution in [1.82, 2.24) is 9.88 Å². The molecule has 0 aliphatic carbocycles. The molecule has 3 rings (SSSR count). The highest BCUT2D eigenvalue weighted by molar-refractivity contribution is 6.42. The number of halogens is 2. The van der Waals surface area contributed by atoms with Gasteiger partial charge in [-0.3, -0.25) is 0 Å². The van der Waals surface area contributed by atoms with E-state index in [2.05, 4.69) is 47.3 Å². The maximum Gasteiger partial charge on any atom is 0.0595 e. The topological polar surface area (TPSA) is 17.0 Å². The van der Waals surface area contributed by atoms with Crippen molar-refractivity contribution in [2.75, 3.05) is 6.54 Å². The van der Waals surface area contributed by atoms with Gasteiger partial charge >= 0.3 is 0 Å². The highest BCUT2D eigenvalue weighted by atomic mass is 35.5. The van der Waals surface area contributed by atoms with Gasteiger partial charge in [0.25, 0.3) is 0 Å². The smallest absolute Gasteiger partial charge is 0.0595 e. The van der Waals surface area contributed by atoms with Crippen molar-refractivity contribution in [3.8, 4) is 0 Å². The summed E-state index contributed by atoms with van der Waals surface area (Å²) in [6.45, 7) is 4.89. The molecule has 1 heterocycles. The van der Waals surface area contributed by atoms with Crippen molar-refractivity contribution in [2.45, 2.75) is 26.4 Å². The Labute approximate surface area is 147 Å². The number of fused-ring (bicyclic) bond motifs is 1. The fraction of sp³-hybridized carbons (Fsp3) is 0.263. The van der Waals surface area contributed by atoms with Crippen molar-refractivity contribution in [2.24, 2.45) is 0 Å². The quantitative estimate of drug-likeness (QED) is 0.583. The summed E-state index contributed by atoms with van der Waals surface area (Å²) in [6.07, 6.45) is 3.37. The van der Waals surface area contributed by atoms with Crippen LogP contribution in [0.1, 0.15) is 24.5 Å². The molecule has 0 saturated carbocycles. The summed E-state index contributed by atoms with van der Waals surface area (Å²) in [6, 6.07) is 14.3. The van der Waals surface area contributed by atoms with Crippen molar-refractivity contribution in [3.05, 3.63) is 69.8 Å². The summed E-state index contributed by atoms with van der Waals surface area (Å²) < 4.78 is 2.28. The molecule has 2 aromatic carbocycles. The molecule has 0 spiro atoms. The molecule has 3 aromatic rings. The predicted molar refractivity (Wildman–Crippen MR) is 99.5 cm³/mol. The standard InChI is InChI=1S/C19H20Cl2N2/c1-2-9-22-11-15-13-23(19-6-4-3-5-16(15)19)12-14-7-8-17(20)18(21)10-14/h3-8,10,13,22H,2,9,11-12H2,1H3. The molecule has 0 amide bonds. The molecule has 0 radical (unpaired) electrons. The Morgan fingerprint density at radius 2 is 1.87 bits per heavy atom. The molecular weight excluding hydrogens is 327 g/mol. The van der Waals surface area contributed by atoms with Gasteiger partial charge in [-0.25, -0.2) is 0 Å². The average molecular weight is 347 g/mol. The van der Waals surface area contributed by atoms with Gasteiger partial charge in [-0.05, 0) is 42.3 Å². The summed E-state index contributed by atoms with van der Waals surface area (Å²) in [5.41, 5.74) is 3.72. The molecule has 1 N–H and O–H groups in total. The number of nitrogens with zero attached hydrogens (tertiary/aromatic N) is 1. The van der Waals surface area contributed by atoms with E-state index < -0.39 is 0 Å². The van der Waals surface area contributed by atoms with Crippen LogP contribution in [0.4, 0.5) is 0 Å². The summed E-state index contributed by atoms with van der Waals surface area (Å²) in [4.78, 5) is 0. The van der Waals surface area contributed by atoms with E-state index in [4.69, 9.17) is 23.2 Å². The van der Waals surface area contributed by atoms with Crippen LogP contribution in [0.2, 0.25) is 10.0 Å². The maximum absolute atomic E-state index is 6.14. The minimum Gasteiger partial charge on any atom is -0.343 e. The summed E-state index contributed by atoms with van der Waals surface area (Å²) >= 11 is 12.1. The molecule has 23 heavy (non-hydrogen) atoms. The molecular formula is C19H20Cl2N2. The first-order valence-electron chi connectivity index (χ1n) is 7.90. The van der Waals surface area contributed by atoms with E-state index in [9.17, 15) is 0 Å². The van der Waals surface area contributed by atoms with Gasteiger partial charge in [0.15, 0.2) is 0 Å². The second-order valence-corrected chi connectivity index (χ2v) is 6.54. The second kappa shape index (κ2) is 7.39. The zero-order valence-corrected chi connectivity index (χ0v) is 14.7. The SMILES string of the molecule is CCCNCc1cn(Cc2ccc(Cl)c(Cl)c2)c2ccccc12. The molecule has 1 aromatic heterocycles. The normalized spacial score (nSPS) is 11.3. The Balaban J connectivity index is 1.92. The summed E-state index contributed by atoms with van der Waals surface area (Å²) in [7, 11) is 0. The van der Waals surface area contributed by atoms with E-state index in [0.717, 1.165) is 31.6 Å². The monoisotopic (exact) mass is 346 g/mol. The van der Waals surface area contributed by atoms with E-state index in [-0.39, 0.29) is 0 Å². The first kappa shape index (κ1) is 16.4. The van der Waals surface area contributed by atoms with E-state index >= 15 is 0 Å². The van der Waals surface area contributed by atoms with Crippen molar-refractivity contribution < 1.29 is 0 Å².